The zero-order valence-electron chi connectivity index (χ0n) is 18.1. The van der Waals surface area contributed by atoms with Crippen molar-refractivity contribution in [1.82, 2.24) is 4.31 Å². The zero-order valence-corrected chi connectivity index (χ0v) is 19.0. The van der Waals surface area contributed by atoms with Gasteiger partial charge < -0.3 is 5.32 Å². The summed E-state index contributed by atoms with van der Waals surface area (Å²) in [6.45, 7) is -0.119. The standard InChI is InChI=1S/C26H25N3O3S/c27-20-26(16-17-26)22-11-13-23(14-12-22)28-25(30)19-29(18-15-21-7-3-1-4-8-21)33(31,32)24-9-5-2-6-10-24/h1-14H,15-19H2,(H,28,30). The SMILES string of the molecule is N#CC1(c2ccc(NC(=O)CN(CCc3ccccc3)S(=O)(=O)c3ccccc3)cc2)CC1. The molecule has 0 heterocycles. The zero-order chi connectivity index (χ0) is 23.3. The van der Waals surface area contributed by atoms with E-state index in [0.29, 0.717) is 12.1 Å². The number of hydrogen-bond acceptors (Lipinski definition) is 4. The summed E-state index contributed by atoms with van der Waals surface area (Å²) in [7, 11) is -3.84. The number of nitrogens with one attached hydrogen (secondary N) is 1. The van der Waals surface area contributed by atoms with E-state index in [1.165, 1.54) is 16.4 Å². The van der Waals surface area contributed by atoms with Gasteiger partial charge in [0.1, 0.15) is 0 Å². The average Bonchev–Trinajstić information content (AvgIpc) is 3.65. The molecule has 3 aromatic rings. The van der Waals surface area contributed by atoms with Crippen molar-refractivity contribution in [3.05, 3.63) is 96.1 Å². The van der Waals surface area contributed by atoms with Crippen LogP contribution in [0.4, 0.5) is 5.69 Å². The maximum absolute atomic E-state index is 13.3. The van der Waals surface area contributed by atoms with E-state index in [4.69, 9.17) is 0 Å². The number of benzene rings is 3. The maximum atomic E-state index is 13.3. The summed E-state index contributed by atoms with van der Waals surface area (Å²) in [5, 5.41) is 12.1. The molecule has 168 valence electrons. The number of anilines is 1. The van der Waals surface area contributed by atoms with E-state index < -0.39 is 15.9 Å². The van der Waals surface area contributed by atoms with Gasteiger partial charge in [-0.3, -0.25) is 4.79 Å². The average molecular weight is 460 g/mol. The Hall–Kier alpha value is -3.47. The van der Waals surface area contributed by atoms with Gasteiger partial charge in [-0.1, -0.05) is 60.7 Å². The van der Waals surface area contributed by atoms with Crippen LogP contribution in [0.3, 0.4) is 0 Å². The van der Waals surface area contributed by atoms with Crippen molar-refractivity contribution in [2.75, 3.05) is 18.4 Å². The highest BCUT2D eigenvalue weighted by Crippen LogP contribution is 2.47. The molecule has 1 fully saturated rings. The Morgan fingerprint density at radius 2 is 1.55 bits per heavy atom. The van der Waals surface area contributed by atoms with Crippen LogP contribution in [0.2, 0.25) is 0 Å². The van der Waals surface area contributed by atoms with Crippen LogP contribution in [-0.4, -0.2) is 31.7 Å². The number of carbonyl (C=O) groups is 1. The summed E-state index contributed by atoms with van der Waals surface area (Å²) in [4.78, 5) is 12.9. The molecule has 1 saturated carbocycles. The lowest BCUT2D eigenvalue weighted by Gasteiger charge is -2.22. The first-order valence-electron chi connectivity index (χ1n) is 10.8. The van der Waals surface area contributed by atoms with Gasteiger partial charge in [-0.05, 0) is 54.7 Å². The highest BCUT2D eigenvalue weighted by atomic mass is 32.2. The molecule has 6 nitrogen and oxygen atoms in total. The fourth-order valence-corrected chi connectivity index (χ4v) is 5.17. The van der Waals surface area contributed by atoms with Crippen LogP contribution < -0.4 is 5.32 Å². The Kier molecular flexibility index (Phi) is 6.59. The Balaban J connectivity index is 1.48. The molecule has 1 N–H and O–H groups in total. The van der Waals surface area contributed by atoms with Gasteiger partial charge in [-0.25, -0.2) is 8.42 Å². The lowest BCUT2D eigenvalue weighted by atomic mass is 9.98. The summed E-state index contributed by atoms with van der Waals surface area (Å²) in [5.74, 6) is -0.420. The Labute approximate surface area is 194 Å². The van der Waals surface area contributed by atoms with E-state index in [-0.39, 0.29) is 23.4 Å². The summed E-state index contributed by atoms with van der Waals surface area (Å²) >= 11 is 0. The van der Waals surface area contributed by atoms with Crippen LogP contribution in [0.5, 0.6) is 0 Å². The number of sulfonamides is 1. The molecule has 33 heavy (non-hydrogen) atoms. The first kappa shape index (κ1) is 22.7. The number of nitrogens with zero attached hydrogens (tertiary/aromatic N) is 2. The lowest BCUT2D eigenvalue weighted by Crippen LogP contribution is -2.39. The van der Waals surface area contributed by atoms with E-state index >= 15 is 0 Å². The smallest absolute Gasteiger partial charge is 0.243 e. The number of nitriles is 1. The third kappa shape index (κ3) is 5.30. The van der Waals surface area contributed by atoms with Crippen molar-refractivity contribution >= 4 is 21.6 Å². The summed E-state index contributed by atoms with van der Waals surface area (Å²) in [6, 6.07) is 27.3. The van der Waals surface area contributed by atoms with Gasteiger partial charge in [-0.15, -0.1) is 0 Å². The van der Waals surface area contributed by atoms with E-state index in [2.05, 4.69) is 11.4 Å². The van der Waals surface area contributed by atoms with Crippen LogP contribution >= 0.6 is 0 Å². The molecule has 1 aliphatic carbocycles. The number of rotatable bonds is 9. The minimum Gasteiger partial charge on any atom is -0.325 e. The van der Waals surface area contributed by atoms with E-state index in [1.54, 1.807) is 30.3 Å². The van der Waals surface area contributed by atoms with Crippen molar-refractivity contribution in [1.29, 1.82) is 5.26 Å². The highest BCUT2D eigenvalue weighted by Gasteiger charge is 2.44. The third-order valence-corrected chi connectivity index (χ3v) is 7.74. The molecule has 0 radical (unpaired) electrons. The number of amides is 1. The van der Waals surface area contributed by atoms with Gasteiger partial charge in [0.2, 0.25) is 15.9 Å². The summed E-state index contributed by atoms with van der Waals surface area (Å²) in [5.41, 5.74) is 2.12. The molecular formula is C26H25N3O3S. The molecule has 0 atom stereocenters. The molecule has 0 spiro atoms. The van der Waals surface area contributed by atoms with Crippen molar-refractivity contribution < 1.29 is 13.2 Å². The quantitative estimate of drug-likeness (QED) is 0.521. The molecule has 7 heteroatoms. The Morgan fingerprint density at radius 3 is 2.12 bits per heavy atom. The molecule has 0 unspecified atom stereocenters. The van der Waals surface area contributed by atoms with Crippen molar-refractivity contribution in [2.45, 2.75) is 29.6 Å². The third-order valence-electron chi connectivity index (χ3n) is 5.88. The number of carbonyl (C=O) groups excluding carboxylic acids is 1. The van der Waals surface area contributed by atoms with E-state index in [1.807, 2.05) is 42.5 Å². The van der Waals surface area contributed by atoms with Crippen molar-refractivity contribution in [3.63, 3.8) is 0 Å². The monoisotopic (exact) mass is 459 g/mol. The molecule has 1 amide bonds. The minimum atomic E-state index is -3.84. The van der Waals surface area contributed by atoms with E-state index in [0.717, 1.165) is 24.0 Å². The predicted molar refractivity (Wildman–Crippen MR) is 127 cm³/mol. The largest absolute Gasteiger partial charge is 0.325 e. The normalized spacial score (nSPS) is 14.4. The minimum absolute atomic E-state index is 0.154. The highest BCUT2D eigenvalue weighted by molar-refractivity contribution is 7.89. The van der Waals surface area contributed by atoms with Gasteiger partial charge >= 0.3 is 0 Å². The molecule has 0 aliphatic heterocycles. The fourth-order valence-electron chi connectivity index (χ4n) is 3.75. The molecule has 3 aromatic carbocycles. The maximum Gasteiger partial charge on any atom is 0.243 e. The number of hydrogen-bond donors (Lipinski definition) is 1. The fraction of sp³-hybridized carbons (Fsp3) is 0.231. The molecule has 4 rings (SSSR count). The van der Waals surface area contributed by atoms with Crippen molar-refractivity contribution in [2.24, 2.45) is 0 Å². The van der Waals surface area contributed by atoms with Crippen LogP contribution in [0.25, 0.3) is 0 Å². The molecule has 1 aliphatic rings. The van der Waals surface area contributed by atoms with Gasteiger partial charge in [0.15, 0.2) is 0 Å². The van der Waals surface area contributed by atoms with Crippen LogP contribution in [-0.2, 0) is 26.7 Å². The molecule has 0 bridgehead atoms. The van der Waals surface area contributed by atoms with Crippen LogP contribution in [0.1, 0.15) is 24.0 Å². The van der Waals surface area contributed by atoms with Crippen LogP contribution in [0.15, 0.2) is 89.8 Å². The second-order valence-corrected chi connectivity index (χ2v) is 10.1. The van der Waals surface area contributed by atoms with Gasteiger partial charge in [-0.2, -0.15) is 9.57 Å². The Morgan fingerprint density at radius 1 is 0.939 bits per heavy atom. The van der Waals surface area contributed by atoms with Gasteiger partial charge in [0.25, 0.3) is 0 Å². The first-order chi connectivity index (χ1) is 15.9. The topological polar surface area (TPSA) is 90.3 Å². The molecular weight excluding hydrogens is 434 g/mol. The Bertz CT molecular complexity index is 1250. The van der Waals surface area contributed by atoms with Crippen molar-refractivity contribution in [3.8, 4) is 6.07 Å². The van der Waals surface area contributed by atoms with Gasteiger partial charge in [0, 0.05) is 12.2 Å². The molecule has 0 aromatic heterocycles. The first-order valence-corrected chi connectivity index (χ1v) is 12.3. The van der Waals surface area contributed by atoms with Crippen LogP contribution in [0, 0.1) is 11.3 Å². The van der Waals surface area contributed by atoms with E-state index in [9.17, 15) is 18.5 Å². The lowest BCUT2D eigenvalue weighted by molar-refractivity contribution is -0.116. The second kappa shape index (κ2) is 9.57. The second-order valence-electron chi connectivity index (χ2n) is 8.21. The predicted octanol–water partition coefficient (Wildman–Crippen LogP) is 4.11. The summed E-state index contributed by atoms with van der Waals surface area (Å²) in [6.07, 6.45) is 2.19. The summed E-state index contributed by atoms with van der Waals surface area (Å²) < 4.78 is 27.7. The molecule has 0 saturated heterocycles. The van der Waals surface area contributed by atoms with Gasteiger partial charge in [0.05, 0.1) is 22.9 Å².